The maximum absolute atomic E-state index is 9.30. The lowest BCUT2D eigenvalue weighted by Gasteiger charge is -2.25. The predicted octanol–water partition coefficient (Wildman–Crippen LogP) is 2.73. The molecular weight excluding hydrogens is 186 g/mol. The standard InChI is InChI=1S/C13H19NO/c1-3-5-11(4-2)13(10-15)12-6-8-14-9-7-12/h3-5,10,12,14-15H,1-2,6-9H2/b11-5+,13-10?. The summed E-state index contributed by atoms with van der Waals surface area (Å²) in [6.07, 6.45) is 8.72. The molecule has 1 saturated heterocycles. The molecule has 1 fully saturated rings. The maximum Gasteiger partial charge on any atom is 0.0832 e. The van der Waals surface area contributed by atoms with Gasteiger partial charge in [0.25, 0.3) is 0 Å². The fraction of sp³-hybridized carbons (Fsp3) is 0.385. The molecule has 0 bridgehead atoms. The van der Waals surface area contributed by atoms with Gasteiger partial charge in [-0.1, -0.05) is 31.4 Å². The Balaban J connectivity index is 2.81. The first-order valence-electron chi connectivity index (χ1n) is 5.34. The van der Waals surface area contributed by atoms with Gasteiger partial charge in [-0.15, -0.1) is 0 Å². The quantitative estimate of drug-likeness (QED) is 0.546. The van der Waals surface area contributed by atoms with Crippen LogP contribution in [-0.4, -0.2) is 18.2 Å². The highest BCUT2D eigenvalue weighted by molar-refractivity contribution is 5.41. The number of rotatable bonds is 4. The molecule has 1 heterocycles. The Hall–Kier alpha value is -1.28. The summed E-state index contributed by atoms with van der Waals surface area (Å²) in [6.45, 7) is 9.45. The third-order valence-electron chi connectivity index (χ3n) is 2.77. The number of aliphatic hydroxyl groups is 1. The van der Waals surface area contributed by atoms with Crippen molar-refractivity contribution in [2.24, 2.45) is 5.92 Å². The predicted molar refractivity (Wildman–Crippen MR) is 64.8 cm³/mol. The average molecular weight is 205 g/mol. The van der Waals surface area contributed by atoms with E-state index < -0.39 is 0 Å². The fourth-order valence-corrected chi connectivity index (χ4v) is 1.96. The normalized spacial score (nSPS) is 20.0. The van der Waals surface area contributed by atoms with E-state index in [0.717, 1.165) is 37.1 Å². The molecule has 2 heteroatoms. The van der Waals surface area contributed by atoms with E-state index >= 15 is 0 Å². The molecule has 1 aliphatic rings. The highest BCUT2D eigenvalue weighted by Crippen LogP contribution is 2.27. The molecule has 0 atom stereocenters. The molecule has 0 saturated carbocycles. The van der Waals surface area contributed by atoms with E-state index in [1.54, 1.807) is 12.2 Å². The first kappa shape index (κ1) is 11.8. The Morgan fingerprint density at radius 1 is 1.27 bits per heavy atom. The summed E-state index contributed by atoms with van der Waals surface area (Å²) in [5.41, 5.74) is 1.95. The summed E-state index contributed by atoms with van der Waals surface area (Å²) in [5, 5.41) is 12.6. The summed E-state index contributed by atoms with van der Waals surface area (Å²) in [4.78, 5) is 0. The smallest absolute Gasteiger partial charge is 0.0832 e. The van der Waals surface area contributed by atoms with Gasteiger partial charge in [0, 0.05) is 0 Å². The number of piperidine rings is 1. The summed E-state index contributed by atoms with van der Waals surface area (Å²) in [6, 6.07) is 0. The second-order valence-corrected chi connectivity index (χ2v) is 3.67. The van der Waals surface area contributed by atoms with Gasteiger partial charge >= 0.3 is 0 Å². The molecule has 0 spiro atoms. The third-order valence-corrected chi connectivity index (χ3v) is 2.77. The van der Waals surface area contributed by atoms with Crippen molar-refractivity contribution >= 4 is 0 Å². The van der Waals surface area contributed by atoms with Crippen molar-refractivity contribution in [2.75, 3.05) is 13.1 Å². The fourth-order valence-electron chi connectivity index (χ4n) is 1.96. The minimum atomic E-state index is 0.431. The van der Waals surface area contributed by atoms with Gasteiger partial charge in [-0.3, -0.25) is 0 Å². The van der Waals surface area contributed by atoms with Crippen LogP contribution in [0.1, 0.15) is 12.8 Å². The van der Waals surface area contributed by atoms with E-state index in [9.17, 15) is 5.11 Å². The van der Waals surface area contributed by atoms with E-state index in [4.69, 9.17) is 0 Å². The lowest BCUT2D eigenvalue weighted by atomic mass is 9.86. The lowest BCUT2D eigenvalue weighted by Crippen LogP contribution is -2.28. The average Bonchev–Trinajstić information content (AvgIpc) is 2.30. The molecule has 0 aromatic heterocycles. The molecule has 0 amide bonds. The molecule has 0 aliphatic carbocycles. The highest BCUT2D eigenvalue weighted by atomic mass is 16.2. The van der Waals surface area contributed by atoms with E-state index in [-0.39, 0.29) is 0 Å². The summed E-state index contributed by atoms with van der Waals surface area (Å²) in [7, 11) is 0. The van der Waals surface area contributed by atoms with Gasteiger partial charge in [-0.05, 0) is 43.0 Å². The zero-order valence-corrected chi connectivity index (χ0v) is 9.08. The Morgan fingerprint density at radius 2 is 1.93 bits per heavy atom. The number of allylic oxidation sites excluding steroid dienone is 5. The van der Waals surface area contributed by atoms with Gasteiger partial charge < -0.3 is 10.4 Å². The highest BCUT2D eigenvalue weighted by Gasteiger charge is 2.19. The van der Waals surface area contributed by atoms with E-state index in [2.05, 4.69) is 18.5 Å². The zero-order valence-electron chi connectivity index (χ0n) is 9.08. The van der Waals surface area contributed by atoms with E-state index in [1.165, 1.54) is 6.26 Å². The van der Waals surface area contributed by atoms with E-state index in [1.807, 2.05) is 6.08 Å². The van der Waals surface area contributed by atoms with Crippen molar-refractivity contribution in [3.05, 3.63) is 48.8 Å². The Morgan fingerprint density at radius 3 is 2.40 bits per heavy atom. The number of nitrogens with one attached hydrogen (secondary N) is 1. The van der Waals surface area contributed by atoms with Crippen molar-refractivity contribution in [3.8, 4) is 0 Å². The Labute approximate surface area is 91.7 Å². The van der Waals surface area contributed by atoms with Gasteiger partial charge in [0.05, 0.1) is 6.26 Å². The van der Waals surface area contributed by atoms with Gasteiger partial charge in [0.15, 0.2) is 0 Å². The number of hydrogen-bond donors (Lipinski definition) is 2. The minimum Gasteiger partial charge on any atom is -0.515 e. The Kier molecular flexibility index (Phi) is 4.91. The van der Waals surface area contributed by atoms with Crippen LogP contribution in [-0.2, 0) is 0 Å². The van der Waals surface area contributed by atoms with Crippen LogP contribution in [0.25, 0.3) is 0 Å². The monoisotopic (exact) mass is 205 g/mol. The van der Waals surface area contributed by atoms with Crippen molar-refractivity contribution < 1.29 is 5.11 Å². The molecule has 0 unspecified atom stereocenters. The maximum atomic E-state index is 9.30. The number of hydrogen-bond acceptors (Lipinski definition) is 2. The summed E-state index contributed by atoms with van der Waals surface area (Å²) >= 11 is 0. The van der Waals surface area contributed by atoms with Gasteiger partial charge in [-0.25, -0.2) is 0 Å². The molecule has 0 aromatic carbocycles. The van der Waals surface area contributed by atoms with Gasteiger partial charge in [0.1, 0.15) is 0 Å². The first-order valence-corrected chi connectivity index (χ1v) is 5.34. The van der Waals surface area contributed by atoms with E-state index in [0.29, 0.717) is 5.92 Å². The van der Waals surface area contributed by atoms with Crippen LogP contribution < -0.4 is 5.32 Å². The molecule has 0 radical (unpaired) electrons. The Bertz CT molecular complexity index is 283. The van der Waals surface area contributed by atoms with Crippen molar-refractivity contribution in [3.63, 3.8) is 0 Å². The lowest BCUT2D eigenvalue weighted by molar-refractivity contribution is 0.400. The molecule has 82 valence electrons. The topological polar surface area (TPSA) is 32.3 Å². The number of aliphatic hydroxyl groups excluding tert-OH is 1. The van der Waals surface area contributed by atoms with Crippen molar-refractivity contribution in [1.29, 1.82) is 0 Å². The molecule has 2 nitrogen and oxygen atoms in total. The van der Waals surface area contributed by atoms with Gasteiger partial charge in [-0.2, -0.15) is 0 Å². The molecule has 15 heavy (non-hydrogen) atoms. The second kappa shape index (κ2) is 6.25. The minimum absolute atomic E-state index is 0.431. The van der Waals surface area contributed by atoms with Crippen molar-refractivity contribution in [2.45, 2.75) is 12.8 Å². The third kappa shape index (κ3) is 3.10. The van der Waals surface area contributed by atoms with Crippen LogP contribution >= 0.6 is 0 Å². The van der Waals surface area contributed by atoms with Crippen molar-refractivity contribution in [1.82, 2.24) is 5.32 Å². The largest absolute Gasteiger partial charge is 0.515 e. The molecule has 1 aliphatic heterocycles. The van der Waals surface area contributed by atoms with Crippen LogP contribution in [0.5, 0.6) is 0 Å². The first-order chi connectivity index (χ1) is 7.33. The second-order valence-electron chi connectivity index (χ2n) is 3.67. The molecule has 1 rings (SSSR count). The van der Waals surface area contributed by atoms with Crippen LogP contribution in [0.15, 0.2) is 48.8 Å². The van der Waals surface area contributed by atoms with Crippen LogP contribution in [0, 0.1) is 5.92 Å². The molecule has 2 N–H and O–H groups in total. The van der Waals surface area contributed by atoms with Crippen LogP contribution in [0.4, 0.5) is 0 Å². The van der Waals surface area contributed by atoms with Gasteiger partial charge in [0.2, 0.25) is 0 Å². The molecular formula is C13H19NO. The molecule has 0 aromatic rings. The van der Waals surface area contributed by atoms with Crippen LogP contribution in [0.3, 0.4) is 0 Å². The SMILES string of the molecule is C=C/C=C(\C=C)C(=CO)C1CCNCC1. The summed E-state index contributed by atoms with van der Waals surface area (Å²) < 4.78 is 0. The zero-order chi connectivity index (χ0) is 11.1. The van der Waals surface area contributed by atoms with Crippen LogP contribution in [0.2, 0.25) is 0 Å². The summed E-state index contributed by atoms with van der Waals surface area (Å²) in [5.74, 6) is 0.431.